The predicted octanol–water partition coefficient (Wildman–Crippen LogP) is 0.676. The van der Waals surface area contributed by atoms with Crippen LogP contribution in [0.25, 0.3) is 0 Å². The zero-order valence-corrected chi connectivity index (χ0v) is 9.52. The van der Waals surface area contributed by atoms with E-state index in [1.807, 2.05) is 0 Å². The monoisotopic (exact) mass is 259 g/mol. The summed E-state index contributed by atoms with van der Waals surface area (Å²) in [6, 6.07) is 4.04. The average molecular weight is 259 g/mol. The summed E-state index contributed by atoms with van der Waals surface area (Å²) < 4.78 is 23.1. The highest BCUT2D eigenvalue weighted by Gasteiger charge is 2.09. The number of urea groups is 1. The Bertz CT molecular complexity index is 537. The van der Waals surface area contributed by atoms with Crippen LogP contribution in [-0.4, -0.2) is 25.6 Å². The Morgan fingerprint density at radius 2 is 1.82 bits per heavy atom. The summed E-state index contributed by atoms with van der Waals surface area (Å²) in [7, 11) is -3.64. The SMILES string of the molecule is CS(=O)(=O)NC(=O)Nc1ccc([N+](=O)[O-])cc1. The molecule has 0 aliphatic heterocycles. The number of sulfonamides is 1. The van der Waals surface area contributed by atoms with Crippen molar-refractivity contribution in [2.24, 2.45) is 0 Å². The number of nitrogens with one attached hydrogen (secondary N) is 2. The Morgan fingerprint density at radius 1 is 1.29 bits per heavy atom. The summed E-state index contributed by atoms with van der Waals surface area (Å²) >= 11 is 0. The molecule has 0 heterocycles. The number of nitro groups is 1. The van der Waals surface area contributed by atoms with Gasteiger partial charge in [0.2, 0.25) is 10.0 Å². The molecule has 0 fully saturated rings. The van der Waals surface area contributed by atoms with E-state index in [0.29, 0.717) is 0 Å². The van der Waals surface area contributed by atoms with Gasteiger partial charge in [0.25, 0.3) is 5.69 Å². The first-order valence-electron chi connectivity index (χ1n) is 4.31. The summed E-state index contributed by atoms with van der Waals surface area (Å²) in [4.78, 5) is 20.9. The van der Waals surface area contributed by atoms with Crippen LogP contribution in [0.5, 0.6) is 0 Å². The zero-order valence-electron chi connectivity index (χ0n) is 8.71. The third kappa shape index (κ3) is 4.47. The average Bonchev–Trinajstić information content (AvgIpc) is 2.15. The van der Waals surface area contributed by atoms with Gasteiger partial charge in [-0.25, -0.2) is 17.9 Å². The summed E-state index contributed by atoms with van der Waals surface area (Å²) in [5.41, 5.74) is 0.121. The fourth-order valence-electron chi connectivity index (χ4n) is 0.991. The van der Waals surface area contributed by atoms with Gasteiger partial charge in [-0.1, -0.05) is 0 Å². The van der Waals surface area contributed by atoms with Gasteiger partial charge in [0, 0.05) is 17.8 Å². The molecular formula is C8H9N3O5S. The lowest BCUT2D eigenvalue weighted by atomic mass is 10.3. The molecule has 0 radical (unpaired) electrons. The Labute approximate surface area is 96.8 Å². The van der Waals surface area contributed by atoms with Crippen molar-refractivity contribution in [2.45, 2.75) is 0 Å². The van der Waals surface area contributed by atoms with Crippen molar-refractivity contribution in [3.05, 3.63) is 34.4 Å². The number of carbonyl (C=O) groups excluding carboxylic acids is 1. The van der Waals surface area contributed by atoms with Gasteiger partial charge in [0.15, 0.2) is 0 Å². The highest BCUT2D eigenvalue weighted by Crippen LogP contribution is 2.15. The molecule has 0 saturated carbocycles. The van der Waals surface area contributed by atoms with Crippen molar-refractivity contribution in [3.63, 3.8) is 0 Å². The molecule has 1 aromatic carbocycles. The number of anilines is 1. The maximum Gasteiger partial charge on any atom is 0.332 e. The summed E-state index contributed by atoms with van der Waals surface area (Å²) in [5, 5.41) is 12.6. The minimum absolute atomic E-state index is 0.126. The molecule has 17 heavy (non-hydrogen) atoms. The van der Waals surface area contributed by atoms with Crippen LogP contribution in [0, 0.1) is 10.1 Å². The standard InChI is InChI=1S/C8H9N3O5S/c1-17(15,16)10-8(12)9-6-2-4-7(5-3-6)11(13)14/h2-5H,1H3,(H2,9,10,12). The molecule has 0 saturated heterocycles. The Morgan fingerprint density at radius 3 is 2.24 bits per heavy atom. The number of rotatable bonds is 3. The van der Waals surface area contributed by atoms with Gasteiger partial charge in [-0.15, -0.1) is 0 Å². The van der Waals surface area contributed by atoms with Gasteiger partial charge in [0.05, 0.1) is 11.2 Å². The fourth-order valence-corrected chi connectivity index (χ4v) is 1.38. The first kappa shape index (κ1) is 12.9. The second kappa shape index (κ2) is 4.78. The molecule has 0 aliphatic carbocycles. The van der Waals surface area contributed by atoms with Crippen LogP contribution in [0.4, 0.5) is 16.2 Å². The molecule has 0 unspecified atom stereocenters. The topological polar surface area (TPSA) is 118 Å². The Balaban J connectivity index is 2.70. The van der Waals surface area contributed by atoms with Gasteiger partial charge in [-0.3, -0.25) is 10.1 Å². The number of amides is 2. The van der Waals surface area contributed by atoms with Crippen LogP contribution in [0.15, 0.2) is 24.3 Å². The van der Waals surface area contributed by atoms with Gasteiger partial charge in [0.1, 0.15) is 0 Å². The summed E-state index contributed by atoms with van der Waals surface area (Å²) in [5.74, 6) is 0. The zero-order chi connectivity index (χ0) is 13.1. The molecule has 2 N–H and O–H groups in total. The van der Waals surface area contributed by atoms with Crippen molar-refractivity contribution in [1.82, 2.24) is 4.72 Å². The van der Waals surface area contributed by atoms with E-state index in [-0.39, 0.29) is 11.4 Å². The molecule has 0 aliphatic rings. The molecular weight excluding hydrogens is 250 g/mol. The molecule has 0 atom stereocenters. The second-order valence-electron chi connectivity index (χ2n) is 3.13. The molecule has 1 aromatic rings. The van der Waals surface area contributed by atoms with E-state index in [1.54, 1.807) is 4.72 Å². The smallest absolute Gasteiger partial charge is 0.307 e. The first-order chi connectivity index (χ1) is 7.78. The van der Waals surface area contributed by atoms with Crippen LogP contribution in [0.3, 0.4) is 0 Å². The van der Waals surface area contributed by atoms with Crippen LogP contribution >= 0.6 is 0 Å². The van der Waals surface area contributed by atoms with Crippen molar-refractivity contribution in [1.29, 1.82) is 0 Å². The van der Waals surface area contributed by atoms with E-state index in [9.17, 15) is 23.3 Å². The quantitative estimate of drug-likeness (QED) is 0.611. The number of nitro benzene ring substituents is 1. The van der Waals surface area contributed by atoms with E-state index >= 15 is 0 Å². The number of benzene rings is 1. The van der Waals surface area contributed by atoms with E-state index in [2.05, 4.69) is 5.32 Å². The minimum Gasteiger partial charge on any atom is -0.307 e. The third-order valence-corrected chi connectivity index (χ3v) is 2.17. The largest absolute Gasteiger partial charge is 0.332 e. The number of non-ortho nitro benzene ring substituents is 1. The molecule has 0 aromatic heterocycles. The molecule has 8 nitrogen and oxygen atoms in total. The molecule has 2 amide bonds. The Hall–Kier alpha value is -2.16. The van der Waals surface area contributed by atoms with E-state index in [0.717, 1.165) is 6.26 Å². The van der Waals surface area contributed by atoms with Gasteiger partial charge in [-0.05, 0) is 12.1 Å². The summed E-state index contributed by atoms with van der Waals surface area (Å²) in [6.07, 6.45) is 0.836. The maximum absolute atomic E-state index is 11.1. The van der Waals surface area contributed by atoms with Crippen LogP contribution in [0.2, 0.25) is 0 Å². The van der Waals surface area contributed by atoms with Gasteiger partial charge < -0.3 is 5.32 Å². The number of carbonyl (C=O) groups is 1. The molecule has 92 valence electrons. The highest BCUT2D eigenvalue weighted by atomic mass is 32.2. The van der Waals surface area contributed by atoms with E-state index < -0.39 is 21.0 Å². The lowest BCUT2D eigenvalue weighted by molar-refractivity contribution is -0.384. The van der Waals surface area contributed by atoms with Crippen molar-refractivity contribution < 1.29 is 18.1 Å². The third-order valence-electron chi connectivity index (χ3n) is 1.61. The van der Waals surface area contributed by atoms with E-state index in [4.69, 9.17) is 0 Å². The lowest BCUT2D eigenvalue weighted by Gasteiger charge is -2.05. The van der Waals surface area contributed by atoms with Crippen LogP contribution < -0.4 is 10.0 Å². The van der Waals surface area contributed by atoms with Crippen molar-refractivity contribution >= 4 is 27.4 Å². The highest BCUT2D eigenvalue weighted by molar-refractivity contribution is 7.89. The fraction of sp³-hybridized carbons (Fsp3) is 0.125. The first-order valence-corrected chi connectivity index (χ1v) is 6.20. The molecule has 0 spiro atoms. The second-order valence-corrected chi connectivity index (χ2v) is 4.88. The van der Waals surface area contributed by atoms with Gasteiger partial charge in [-0.2, -0.15) is 0 Å². The number of hydrogen-bond donors (Lipinski definition) is 2. The normalized spacial score (nSPS) is 10.6. The molecule has 0 bridgehead atoms. The number of nitrogens with zero attached hydrogens (tertiary/aromatic N) is 1. The van der Waals surface area contributed by atoms with E-state index in [1.165, 1.54) is 24.3 Å². The number of hydrogen-bond acceptors (Lipinski definition) is 5. The molecule has 9 heteroatoms. The van der Waals surface area contributed by atoms with Crippen molar-refractivity contribution in [2.75, 3.05) is 11.6 Å². The minimum atomic E-state index is -3.64. The van der Waals surface area contributed by atoms with Crippen molar-refractivity contribution in [3.8, 4) is 0 Å². The van der Waals surface area contributed by atoms with Gasteiger partial charge >= 0.3 is 6.03 Å². The van der Waals surface area contributed by atoms with Crippen LogP contribution in [-0.2, 0) is 10.0 Å². The van der Waals surface area contributed by atoms with Crippen LogP contribution in [0.1, 0.15) is 0 Å². The molecule has 1 rings (SSSR count). The Kier molecular flexibility index (Phi) is 3.63. The lowest BCUT2D eigenvalue weighted by Crippen LogP contribution is -2.33. The maximum atomic E-state index is 11.1. The predicted molar refractivity (Wildman–Crippen MR) is 60.1 cm³/mol. The summed E-state index contributed by atoms with van der Waals surface area (Å²) in [6.45, 7) is 0.